The quantitative estimate of drug-likeness (QED) is 0.545. The summed E-state index contributed by atoms with van der Waals surface area (Å²) in [5.74, 6) is 0.666. The molecule has 0 aliphatic heterocycles. The first-order valence-corrected chi connectivity index (χ1v) is 8.09. The molecule has 0 aliphatic carbocycles. The molecule has 24 heavy (non-hydrogen) atoms. The van der Waals surface area contributed by atoms with Gasteiger partial charge in [0, 0.05) is 5.56 Å². The fourth-order valence-corrected chi connectivity index (χ4v) is 2.66. The summed E-state index contributed by atoms with van der Waals surface area (Å²) in [5, 5.41) is 4.10. The Kier molecular flexibility index (Phi) is 5.84. The molecule has 120 valence electrons. The molecule has 8 heteroatoms. The van der Waals surface area contributed by atoms with Gasteiger partial charge in [-0.1, -0.05) is 47.6 Å². The maximum absolute atomic E-state index is 10.7. The van der Waals surface area contributed by atoms with E-state index in [1.807, 2.05) is 30.3 Å². The van der Waals surface area contributed by atoms with Gasteiger partial charge in [0.1, 0.15) is 17.2 Å². The topological polar surface area (TPSA) is 89.6 Å². The third-order valence-corrected chi connectivity index (χ3v) is 3.66. The van der Waals surface area contributed by atoms with Crippen molar-refractivity contribution in [1.29, 1.82) is 0 Å². The molecule has 0 aliphatic rings. The summed E-state index contributed by atoms with van der Waals surface area (Å²) >= 11 is 0. The number of aromatic nitrogens is 1. The van der Waals surface area contributed by atoms with Crippen molar-refractivity contribution in [3.8, 4) is 28.1 Å². The Hall–Kier alpha value is -1.64. The number of hydrogen-bond acceptors (Lipinski definition) is 5. The third kappa shape index (κ3) is 4.25. The Bertz CT molecular complexity index is 927. The molecule has 0 saturated carbocycles. The Labute approximate surface area is 163 Å². The Balaban J connectivity index is 0.00000156. The maximum Gasteiger partial charge on any atom is 1.00 e. The van der Waals surface area contributed by atoms with Gasteiger partial charge < -0.3 is 10.1 Å². The summed E-state index contributed by atoms with van der Waals surface area (Å²) in [7, 11) is -4.53. The molecule has 3 aromatic rings. The predicted molar refractivity (Wildman–Crippen MR) is 85.4 cm³/mol. The molecular formula is C16H14NNaO5S. The van der Waals surface area contributed by atoms with E-state index in [0.29, 0.717) is 11.5 Å². The van der Waals surface area contributed by atoms with E-state index in [9.17, 15) is 8.42 Å². The molecule has 0 bridgehead atoms. The first kappa shape index (κ1) is 18.7. The molecule has 1 N–H and O–H groups in total. The molecular weight excluding hydrogens is 341 g/mol. The smallest absolute Gasteiger partial charge is 1.00 e. The maximum atomic E-state index is 10.7. The molecule has 0 radical (unpaired) electrons. The van der Waals surface area contributed by atoms with Gasteiger partial charge in [-0.05, 0) is 24.6 Å². The predicted octanol–water partition coefficient (Wildman–Crippen LogP) is 0.615. The summed E-state index contributed by atoms with van der Waals surface area (Å²) in [6.45, 7) is 1.80. The second-order valence-corrected chi connectivity index (χ2v) is 5.89. The molecule has 0 spiro atoms. The van der Waals surface area contributed by atoms with Gasteiger partial charge in [-0.25, -0.2) is 0 Å². The Morgan fingerprint density at radius 2 is 1.67 bits per heavy atom. The van der Waals surface area contributed by atoms with E-state index in [4.69, 9.17) is 9.08 Å². The largest absolute Gasteiger partial charge is 1.00 e. The molecule has 0 amide bonds. The molecule has 0 saturated heterocycles. The first-order valence-electron chi connectivity index (χ1n) is 6.73. The van der Waals surface area contributed by atoms with Crippen LogP contribution in [0.4, 0.5) is 0 Å². The van der Waals surface area contributed by atoms with Crippen LogP contribution in [0.15, 0.2) is 59.1 Å². The second kappa shape index (κ2) is 7.50. The Morgan fingerprint density at radius 1 is 1.04 bits per heavy atom. The molecule has 0 unspecified atom stereocenters. The summed E-state index contributed by atoms with van der Waals surface area (Å²) in [4.78, 5) is 0. The molecule has 1 heterocycles. The zero-order valence-corrected chi connectivity index (χ0v) is 15.9. The standard InChI is InChI=1S/C16H13NO5S.Na.H/c1-11-15(16(17-21-11)13-5-3-2-4-6-13)12-7-9-14(10-8-12)22-23(18,19)20;;/h2-10H,1H3,(H,18,19,20);;/q;+1;-1. The van der Waals surface area contributed by atoms with Gasteiger partial charge in [-0.3, -0.25) is 4.55 Å². The molecule has 6 nitrogen and oxygen atoms in total. The van der Waals surface area contributed by atoms with E-state index in [1.54, 1.807) is 19.1 Å². The van der Waals surface area contributed by atoms with E-state index in [0.717, 1.165) is 16.7 Å². The van der Waals surface area contributed by atoms with Crippen LogP contribution in [-0.4, -0.2) is 18.1 Å². The van der Waals surface area contributed by atoms with Crippen molar-refractivity contribution in [2.45, 2.75) is 6.92 Å². The average molecular weight is 355 g/mol. The summed E-state index contributed by atoms with van der Waals surface area (Å²) in [5.41, 5.74) is 3.23. The van der Waals surface area contributed by atoms with Crippen molar-refractivity contribution < 1.29 is 52.7 Å². The van der Waals surface area contributed by atoms with Crippen LogP contribution in [0.25, 0.3) is 22.4 Å². The minimum Gasteiger partial charge on any atom is -1.00 e. The van der Waals surface area contributed by atoms with E-state index >= 15 is 0 Å². The van der Waals surface area contributed by atoms with Gasteiger partial charge in [0.05, 0.1) is 5.56 Å². The van der Waals surface area contributed by atoms with Gasteiger partial charge >= 0.3 is 40.0 Å². The summed E-state index contributed by atoms with van der Waals surface area (Å²) in [6, 6.07) is 15.8. The van der Waals surface area contributed by atoms with Crippen LogP contribution in [0.2, 0.25) is 0 Å². The summed E-state index contributed by atoms with van der Waals surface area (Å²) in [6.07, 6.45) is 0. The van der Waals surface area contributed by atoms with E-state index < -0.39 is 10.4 Å². The number of rotatable bonds is 4. The molecule has 2 aromatic carbocycles. The minimum absolute atomic E-state index is 0. The average Bonchev–Trinajstić information content (AvgIpc) is 2.89. The zero-order valence-electron chi connectivity index (χ0n) is 14.1. The normalized spacial score (nSPS) is 10.9. The van der Waals surface area contributed by atoms with Gasteiger partial charge in [-0.2, -0.15) is 8.42 Å². The van der Waals surface area contributed by atoms with E-state index in [2.05, 4.69) is 9.34 Å². The zero-order chi connectivity index (χ0) is 16.4. The van der Waals surface area contributed by atoms with Crippen LogP contribution in [0.3, 0.4) is 0 Å². The second-order valence-electron chi connectivity index (χ2n) is 4.86. The van der Waals surface area contributed by atoms with Gasteiger partial charge in [0.15, 0.2) is 0 Å². The van der Waals surface area contributed by atoms with Crippen molar-refractivity contribution in [1.82, 2.24) is 5.16 Å². The van der Waals surface area contributed by atoms with Gasteiger partial charge in [0.25, 0.3) is 0 Å². The van der Waals surface area contributed by atoms with Crippen LogP contribution in [0.1, 0.15) is 7.19 Å². The van der Waals surface area contributed by atoms with Crippen molar-refractivity contribution in [2.24, 2.45) is 0 Å². The van der Waals surface area contributed by atoms with Crippen LogP contribution in [-0.2, 0) is 10.4 Å². The van der Waals surface area contributed by atoms with Crippen molar-refractivity contribution >= 4 is 10.4 Å². The fourth-order valence-electron chi connectivity index (χ4n) is 2.30. The first-order chi connectivity index (χ1) is 10.9. The van der Waals surface area contributed by atoms with Crippen molar-refractivity contribution in [3.05, 3.63) is 60.4 Å². The summed E-state index contributed by atoms with van der Waals surface area (Å²) < 4.78 is 39.8. The Morgan fingerprint density at radius 3 is 2.25 bits per heavy atom. The van der Waals surface area contributed by atoms with Gasteiger partial charge in [0.2, 0.25) is 0 Å². The minimum atomic E-state index is -4.53. The number of hydrogen-bond donors (Lipinski definition) is 1. The van der Waals surface area contributed by atoms with E-state index in [1.165, 1.54) is 12.1 Å². The monoisotopic (exact) mass is 355 g/mol. The SMILES string of the molecule is Cc1onc(-c2ccccc2)c1-c1ccc(OS(=O)(=O)O)cc1.[H-].[Na+]. The van der Waals surface area contributed by atoms with Crippen LogP contribution >= 0.6 is 0 Å². The van der Waals surface area contributed by atoms with E-state index in [-0.39, 0.29) is 36.7 Å². The molecule has 0 atom stereocenters. The van der Waals surface area contributed by atoms with Crippen molar-refractivity contribution in [2.75, 3.05) is 0 Å². The van der Waals surface area contributed by atoms with Gasteiger partial charge in [-0.15, -0.1) is 0 Å². The third-order valence-electron chi connectivity index (χ3n) is 3.25. The molecule has 0 fully saturated rings. The van der Waals surface area contributed by atoms with Crippen molar-refractivity contribution in [3.63, 3.8) is 0 Å². The number of nitrogens with zero attached hydrogens (tertiary/aromatic N) is 1. The van der Waals surface area contributed by atoms with Crippen LogP contribution in [0, 0.1) is 6.92 Å². The number of benzene rings is 2. The molecule has 1 aromatic heterocycles. The van der Waals surface area contributed by atoms with Crippen LogP contribution in [0.5, 0.6) is 5.75 Å². The fraction of sp³-hybridized carbons (Fsp3) is 0.0625. The molecule has 3 rings (SSSR count). The number of aryl methyl sites for hydroxylation is 1. The van der Waals surface area contributed by atoms with Crippen LogP contribution < -0.4 is 33.7 Å².